The maximum atomic E-state index is 12.0. The number of carbonyl (C=O) groups excluding carboxylic acids is 2. The molecular formula is C15H16N4O2. The molecule has 3 rings (SSSR count). The summed E-state index contributed by atoms with van der Waals surface area (Å²) < 4.78 is 0. The molecule has 1 atom stereocenters. The second-order valence-electron chi connectivity index (χ2n) is 5.43. The summed E-state index contributed by atoms with van der Waals surface area (Å²) in [5.41, 5.74) is 7.87. The lowest BCUT2D eigenvalue weighted by atomic mass is 10.1. The Hall–Kier alpha value is -2.50. The monoisotopic (exact) mass is 284 g/mol. The average molecular weight is 284 g/mol. The molecule has 21 heavy (non-hydrogen) atoms. The van der Waals surface area contributed by atoms with Crippen molar-refractivity contribution < 1.29 is 9.59 Å². The lowest BCUT2D eigenvalue weighted by Crippen LogP contribution is -2.29. The van der Waals surface area contributed by atoms with Crippen molar-refractivity contribution in [1.29, 1.82) is 0 Å². The standard InChI is InChI=1S/C15H16N4O2/c1-8-5-9(2)17-15-11(8)3-4-12(18-15)19-7-10(14(16)21)6-13(19)20/h3-5,10H,6-7H2,1-2H3,(H2,16,21). The molecule has 0 aliphatic carbocycles. The van der Waals surface area contributed by atoms with Crippen molar-refractivity contribution in [3.05, 3.63) is 29.5 Å². The fraction of sp³-hybridized carbons (Fsp3) is 0.333. The third-order valence-corrected chi connectivity index (χ3v) is 3.80. The maximum absolute atomic E-state index is 12.0. The molecule has 2 N–H and O–H groups in total. The molecule has 2 amide bonds. The van der Waals surface area contributed by atoms with Crippen LogP contribution in [0.3, 0.4) is 0 Å². The third-order valence-electron chi connectivity index (χ3n) is 3.80. The lowest BCUT2D eigenvalue weighted by molar-refractivity contribution is -0.123. The highest BCUT2D eigenvalue weighted by Gasteiger charge is 2.34. The topological polar surface area (TPSA) is 89.2 Å². The van der Waals surface area contributed by atoms with Crippen LogP contribution in [0.25, 0.3) is 11.0 Å². The number of aryl methyl sites for hydroxylation is 2. The first-order chi connectivity index (χ1) is 9.95. The van der Waals surface area contributed by atoms with E-state index in [9.17, 15) is 9.59 Å². The van der Waals surface area contributed by atoms with Crippen molar-refractivity contribution in [1.82, 2.24) is 9.97 Å². The van der Waals surface area contributed by atoms with Gasteiger partial charge in [-0.15, -0.1) is 0 Å². The molecule has 0 radical (unpaired) electrons. The van der Waals surface area contributed by atoms with Crippen molar-refractivity contribution in [2.75, 3.05) is 11.4 Å². The van der Waals surface area contributed by atoms with Crippen LogP contribution >= 0.6 is 0 Å². The Morgan fingerprint density at radius 3 is 2.76 bits per heavy atom. The van der Waals surface area contributed by atoms with Crippen molar-refractivity contribution >= 4 is 28.7 Å². The summed E-state index contributed by atoms with van der Waals surface area (Å²) in [6.45, 7) is 4.20. The molecule has 1 saturated heterocycles. The van der Waals surface area contributed by atoms with Crippen LogP contribution in [0.1, 0.15) is 17.7 Å². The van der Waals surface area contributed by atoms with Crippen LogP contribution in [0.5, 0.6) is 0 Å². The molecule has 0 spiro atoms. The molecule has 108 valence electrons. The molecule has 1 fully saturated rings. The van der Waals surface area contributed by atoms with E-state index in [1.807, 2.05) is 26.0 Å². The first kappa shape index (κ1) is 13.5. The summed E-state index contributed by atoms with van der Waals surface area (Å²) >= 11 is 0. The van der Waals surface area contributed by atoms with E-state index in [0.717, 1.165) is 16.6 Å². The Morgan fingerprint density at radius 1 is 1.33 bits per heavy atom. The third kappa shape index (κ3) is 2.33. The number of hydrogen-bond donors (Lipinski definition) is 1. The van der Waals surface area contributed by atoms with E-state index >= 15 is 0 Å². The molecule has 3 heterocycles. The van der Waals surface area contributed by atoms with Crippen molar-refractivity contribution in [3.8, 4) is 0 Å². The van der Waals surface area contributed by atoms with Crippen LogP contribution in [0.15, 0.2) is 18.2 Å². The predicted molar refractivity (Wildman–Crippen MR) is 78.7 cm³/mol. The quantitative estimate of drug-likeness (QED) is 0.893. The number of hydrogen-bond acceptors (Lipinski definition) is 4. The number of amides is 2. The van der Waals surface area contributed by atoms with Crippen LogP contribution in [0.4, 0.5) is 5.82 Å². The minimum atomic E-state index is -0.448. The molecule has 1 aliphatic rings. The summed E-state index contributed by atoms with van der Waals surface area (Å²) in [4.78, 5) is 33.6. The number of pyridine rings is 2. The van der Waals surface area contributed by atoms with Crippen LogP contribution in [-0.2, 0) is 9.59 Å². The van der Waals surface area contributed by atoms with Gasteiger partial charge in [-0.05, 0) is 37.6 Å². The van der Waals surface area contributed by atoms with E-state index in [0.29, 0.717) is 11.5 Å². The number of nitrogens with zero attached hydrogens (tertiary/aromatic N) is 3. The van der Waals surface area contributed by atoms with Gasteiger partial charge in [-0.1, -0.05) is 0 Å². The Labute approximate surface area is 122 Å². The predicted octanol–water partition coefficient (Wildman–Crippen LogP) is 1.08. The highest BCUT2D eigenvalue weighted by Crippen LogP contribution is 2.26. The Morgan fingerprint density at radius 2 is 2.10 bits per heavy atom. The van der Waals surface area contributed by atoms with Gasteiger partial charge in [0.05, 0.1) is 5.92 Å². The normalized spacial score (nSPS) is 18.5. The fourth-order valence-corrected chi connectivity index (χ4v) is 2.69. The zero-order valence-corrected chi connectivity index (χ0v) is 12.0. The van der Waals surface area contributed by atoms with Gasteiger partial charge in [0.25, 0.3) is 0 Å². The van der Waals surface area contributed by atoms with Crippen molar-refractivity contribution in [2.45, 2.75) is 20.3 Å². The maximum Gasteiger partial charge on any atom is 0.229 e. The second-order valence-corrected chi connectivity index (χ2v) is 5.43. The minimum absolute atomic E-state index is 0.130. The fourth-order valence-electron chi connectivity index (χ4n) is 2.69. The van der Waals surface area contributed by atoms with Gasteiger partial charge >= 0.3 is 0 Å². The first-order valence-corrected chi connectivity index (χ1v) is 6.80. The lowest BCUT2D eigenvalue weighted by Gasteiger charge is -2.15. The smallest absolute Gasteiger partial charge is 0.229 e. The molecular weight excluding hydrogens is 268 g/mol. The Bertz CT molecular complexity index is 757. The van der Waals surface area contributed by atoms with E-state index < -0.39 is 11.8 Å². The van der Waals surface area contributed by atoms with Gasteiger partial charge in [0.2, 0.25) is 11.8 Å². The number of fused-ring (bicyclic) bond motifs is 1. The van der Waals surface area contributed by atoms with Crippen LogP contribution in [0.2, 0.25) is 0 Å². The summed E-state index contributed by atoms with van der Waals surface area (Å²) in [5.74, 6) is -0.498. The van der Waals surface area contributed by atoms with E-state index in [1.165, 1.54) is 4.90 Å². The van der Waals surface area contributed by atoms with E-state index in [-0.39, 0.29) is 18.9 Å². The van der Waals surface area contributed by atoms with Gasteiger partial charge in [0.1, 0.15) is 5.82 Å². The summed E-state index contributed by atoms with van der Waals surface area (Å²) in [6.07, 6.45) is 0.148. The molecule has 1 unspecified atom stereocenters. The number of rotatable bonds is 2. The molecule has 2 aromatic heterocycles. The van der Waals surface area contributed by atoms with E-state index in [2.05, 4.69) is 9.97 Å². The molecule has 1 aliphatic heterocycles. The average Bonchev–Trinajstić information content (AvgIpc) is 2.80. The Kier molecular flexibility index (Phi) is 3.08. The molecule has 0 saturated carbocycles. The minimum Gasteiger partial charge on any atom is -0.369 e. The van der Waals surface area contributed by atoms with Crippen molar-refractivity contribution in [3.63, 3.8) is 0 Å². The van der Waals surface area contributed by atoms with Crippen LogP contribution in [-0.4, -0.2) is 28.3 Å². The van der Waals surface area contributed by atoms with Crippen LogP contribution in [0, 0.1) is 19.8 Å². The zero-order chi connectivity index (χ0) is 15.1. The van der Waals surface area contributed by atoms with Crippen LogP contribution < -0.4 is 10.6 Å². The summed E-state index contributed by atoms with van der Waals surface area (Å²) in [6, 6.07) is 5.69. The van der Waals surface area contributed by atoms with Gasteiger partial charge in [0.15, 0.2) is 5.65 Å². The molecule has 2 aromatic rings. The highest BCUT2D eigenvalue weighted by atomic mass is 16.2. The van der Waals surface area contributed by atoms with Gasteiger partial charge in [-0.3, -0.25) is 14.5 Å². The molecule has 0 aromatic carbocycles. The number of anilines is 1. The summed E-state index contributed by atoms with van der Waals surface area (Å²) in [7, 11) is 0. The highest BCUT2D eigenvalue weighted by molar-refractivity contribution is 6.00. The number of carbonyl (C=O) groups is 2. The first-order valence-electron chi connectivity index (χ1n) is 6.80. The van der Waals surface area contributed by atoms with Crippen molar-refractivity contribution in [2.24, 2.45) is 11.7 Å². The van der Waals surface area contributed by atoms with E-state index in [1.54, 1.807) is 6.07 Å². The largest absolute Gasteiger partial charge is 0.369 e. The Balaban J connectivity index is 2.02. The van der Waals surface area contributed by atoms with Gasteiger partial charge in [-0.25, -0.2) is 9.97 Å². The number of primary amides is 1. The SMILES string of the molecule is Cc1cc(C)c2ccc(N3CC(C(N)=O)CC3=O)nc2n1. The molecule has 6 nitrogen and oxygen atoms in total. The molecule has 6 heteroatoms. The number of aromatic nitrogens is 2. The molecule has 0 bridgehead atoms. The summed E-state index contributed by atoms with van der Waals surface area (Å²) in [5, 5.41) is 0.961. The van der Waals surface area contributed by atoms with Gasteiger partial charge in [-0.2, -0.15) is 0 Å². The van der Waals surface area contributed by atoms with Gasteiger partial charge in [0, 0.05) is 24.0 Å². The number of nitrogens with two attached hydrogens (primary N) is 1. The van der Waals surface area contributed by atoms with Gasteiger partial charge < -0.3 is 5.73 Å². The second kappa shape index (κ2) is 4.80. The zero-order valence-electron chi connectivity index (χ0n) is 12.0. The van der Waals surface area contributed by atoms with E-state index in [4.69, 9.17) is 5.73 Å².